The Balaban J connectivity index is 0.00000300. The smallest absolute Gasteiger partial charge is 0.298 e. The molecule has 1 amide bonds. The minimum absolute atomic E-state index is 0. The third-order valence-electron chi connectivity index (χ3n) is 4.53. The number of nitrogens with zero attached hydrogens (tertiary/aromatic N) is 3. The maximum atomic E-state index is 13.1. The highest BCUT2D eigenvalue weighted by Crippen LogP contribution is 2.32. The Morgan fingerprint density at radius 3 is 2.66 bits per heavy atom. The largest absolute Gasteiger partial charge is 0.494 e. The predicted octanol–water partition coefficient (Wildman–Crippen LogP) is 3.68. The number of likely N-dealkylation sites (N-methyl/N-ethyl adjacent to an activating group) is 1. The van der Waals surface area contributed by atoms with Crippen LogP contribution in [0.5, 0.6) is 5.75 Å². The maximum Gasteiger partial charge on any atom is 0.298 e. The number of ether oxygens (including phenoxy) is 3. The molecule has 1 aliphatic heterocycles. The lowest BCUT2D eigenvalue weighted by atomic mass is 10.3. The van der Waals surface area contributed by atoms with Crippen molar-refractivity contribution >= 4 is 45.0 Å². The maximum absolute atomic E-state index is 13.1. The molecule has 160 valence electrons. The molecule has 7 nitrogen and oxygen atoms in total. The number of carbonyl (C=O) groups excluding carboxylic acids is 1. The van der Waals surface area contributed by atoms with E-state index in [0.29, 0.717) is 31.5 Å². The van der Waals surface area contributed by atoms with Crippen molar-refractivity contribution in [3.63, 3.8) is 0 Å². The van der Waals surface area contributed by atoms with Gasteiger partial charge in [-0.25, -0.2) is 4.98 Å². The number of hydrogen-bond acceptors (Lipinski definition) is 7. The number of hydrogen-bond donors (Lipinski definition) is 0. The van der Waals surface area contributed by atoms with Gasteiger partial charge >= 0.3 is 0 Å². The summed E-state index contributed by atoms with van der Waals surface area (Å²) in [5, 5.41) is 0.649. The van der Waals surface area contributed by atoms with E-state index in [1.807, 2.05) is 25.1 Å². The lowest BCUT2D eigenvalue weighted by Gasteiger charge is -2.26. The Bertz CT molecular complexity index is 838. The average Bonchev–Trinajstić information content (AvgIpc) is 3.15. The van der Waals surface area contributed by atoms with Crippen molar-refractivity contribution in [2.45, 2.75) is 20.8 Å². The second-order valence-corrected chi connectivity index (χ2v) is 7.25. The van der Waals surface area contributed by atoms with Crippen molar-refractivity contribution in [1.82, 2.24) is 9.88 Å². The fourth-order valence-electron chi connectivity index (χ4n) is 2.94. The molecule has 0 radical (unpaired) electrons. The van der Waals surface area contributed by atoms with Crippen molar-refractivity contribution in [2.75, 3.05) is 50.9 Å². The van der Waals surface area contributed by atoms with Gasteiger partial charge in [0.25, 0.3) is 5.91 Å². The molecule has 0 spiro atoms. The first-order valence-corrected chi connectivity index (χ1v) is 10.5. The zero-order chi connectivity index (χ0) is 19.9. The van der Waals surface area contributed by atoms with Crippen molar-refractivity contribution < 1.29 is 19.0 Å². The number of halogens is 1. The number of rotatable bonds is 9. The van der Waals surface area contributed by atoms with Crippen LogP contribution in [0.1, 0.15) is 20.8 Å². The van der Waals surface area contributed by atoms with Crippen LogP contribution in [-0.2, 0) is 14.3 Å². The molecule has 2 aromatic rings. The first kappa shape index (κ1) is 23.3. The van der Waals surface area contributed by atoms with Crippen LogP contribution in [0.25, 0.3) is 10.2 Å². The van der Waals surface area contributed by atoms with Crippen LogP contribution in [-0.4, -0.2) is 61.8 Å². The van der Waals surface area contributed by atoms with E-state index in [-0.39, 0.29) is 24.1 Å². The van der Waals surface area contributed by atoms with Gasteiger partial charge in [-0.1, -0.05) is 25.2 Å². The molecule has 0 saturated carbocycles. The fourth-order valence-corrected chi connectivity index (χ4v) is 3.96. The van der Waals surface area contributed by atoms with E-state index < -0.39 is 0 Å². The molecule has 1 aromatic heterocycles. The Morgan fingerprint density at radius 1 is 1.21 bits per heavy atom. The van der Waals surface area contributed by atoms with E-state index in [1.165, 1.54) is 17.6 Å². The SMILES string of the molecule is CCOc1ccc2nc(N(CCN(CC)CC)C(=O)C3=COCCO3)sc2c1.Cl. The summed E-state index contributed by atoms with van der Waals surface area (Å²) in [5.74, 6) is 0.800. The van der Waals surface area contributed by atoms with Crippen LogP contribution in [0.2, 0.25) is 0 Å². The molecule has 0 aliphatic carbocycles. The summed E-state index contributed by atoms with van der Waals surface area (Å²) in [6.45, 7) is 10.8. The van der Waals surface area contributed by atoms with Gasteiger partial charge in [-0.2, -0.15) is 0 Å². The molecular formula is C20H28ClN3O4S. The number of thiazole rings is 1. The summed E-state index contributed by atoms with van der Waals surface area (Å²) in [6, 6.07) is 5.79. The van der Waals surface area contributed by atoms with Crippen LogP contribution < -0.4 is 9.64 Å². The van der Waals surface area contributed by atoms with Gasteiger partial charge in [0.05, 0.1) is 16.8 Å². The molecule has 0 N–H and O–H groups in total. The van der Waals surface area contributed by atoms with E-state index >= 15 is 0 Å². The first-order valence-electron chi connectivity index (χ1n) is 9.68. The van der Waals surface area contributed by atoms with Gasteiger partial charge in [0.15, 0.2) is 5.13 Å². The molecule has 0 fully saturated rings. The zero-order valence-electron chi connectivity index (χ0n) is 17.1. The summed E-state index contributed by atoms with van der Waals surface area (Å²) in [4.78, 5) is 21.8. The van der Waals surface area contributed by atoms with Crippen LogP contribution in [0.3, 0.4) is 0 Å². The van der Waals surface area contributed by atoms with Crippen molar-refractivity contribution in [3.8, 4) is 5.75 Å². The van der Waals surface area contributed by atoms with E-state index in [4.69, 9.17) is 14.2 Å². The molecule has 0 unspecified atom stereocenters. The minimum atomic E-state index is -0.226. The second-order valence-electron chi connectivity index (χ2n) is 6.24. The van der Waals surface area contributed by atoms with E-state index in [0.717, 1.165) is 35.6 Å². The van der Waals surface area contributed by atoms with E-state index in [9.17, 15) is 4.79 Å². The highest BCUT2D eigenvalue weighted by atomic mass is 35.5. The van der Waals surface area contributed by atoms with E-state index in [2.05, 4.69) is 23.7 Å². The molecule has 1 aromatic carbocycles. The van der Waals surface area contributed by atoms with Gasteiger partial charge in [0, 0.05) is 13.1 Å². The lowest BCUT2D eigenvalue weighted by Crippen LogP contribution is -2.40. The van der Waals surface area contributed by atoms with Crippen molar-refractivity contribution in [1.29, 1.82) is 0 Å². The molecule has 2 heterocycles. The number of fused-ring (bicyclic) bond motifs is 1. The standard InChI is InChI=1S/C20H27N3O4S.ClH/c1-4-22(5-2)9-10-23(19(24)17-14-25-11-12-27-17)20-21-16-8-7-15(26-6-3)13-18(16)28-20;/h7-8,13-14H,4-6,9-12H2,1-3H3;1H. The lowest BCUT2D eigenvalue weighted by molar-refractivity contribution is -0.119. The van der Waals surface area contributed by atoms with Gasteiger partial charge in [0.2, 0.25) is 5.76 Å². The molecule has 0 saturated heterocycles. The highest BCUT2D eigenvalue weighted by molar-refractivity contribution is 7.22. The summed E-state index contributed by atoms with van der Waals surface area (Å²) in [7, 11) is 0. The van der Waals surface area contributed by atoms with Gasteiger partial charge in [0.1, 0.15) is 25.2 Å². The molecular weight excluding hydrogens is 414 g/mol. The van der Waals surface area contributed by atoms with E-state index in [1.54, 1.807) is 4.90 Å². The molecule has 0 bridgehead atoms. The number of aromatic nitrogens is 1. The monoisotopic (exact) mass is 441 g/mol. The van der Waals surface area contributed by atoms with Gasteiger partial charge < -0.3 is 19.1 Å². The first-order chi connectivity index (χ1) is 13.7. The molecule has 9 heteroatoms. The Labute approximate surface area is 181 Å². The van der Waals surface area contributed by atoms with Gasteiger partial charge in [-0.05, 0) is 38.2 Å². The normalized spacial score (nSPS) is 13.3. The van der Waals surface area contributed by atoms with Crippen molar-refractivity contribution in [3.05, 3.63) is 30.2 Å². The topological polar surface area (TPSA) is 64.1 Å². The number of amides is 1. The summed E-state index contributed by atoms with van der Waals surface area (Å²) in [5.41, 5.74) is 0.846. The van der Waals surface area contributed by atoms with Gasteiger partial charge in [-0.3, -0.25) is 9.69 Å². The predicted molar refractivity (Wildman–Crippen MR) is 118 cm³/mol. The third-order valence-corrected chi connectivity index (χ3v) is 5.57. The fraction of sp³-hybridized carbons (Fsp3) is 0.500. The summed E-state index contributed by atoms with van der Waals surface area (Å²) >= 11 is 1.48. The molecule has 1 aliphatic rings. The van der Waals surface area contributed by atoms with Crippen LogP contribution >= 0.6 is 23.7 Å². The Hall–Kier alpha value is -2.03. The second kappa shape index (κ2) is 11.2. The van der Waals surface area contributed by atoms with Crippen LogP contribution in [0.15, 0.2) is 30.2 Å². The van der Waals surface area contributed by atoms with Crippen molar-refractivity contribution in [2.24, 2.45) is 0 Å². The Morgan fingerprint density at radius 2 is 2.00 bits per heavy atom. The minimum Gasteiger partial charge on any atom is -0.494 e. The number of benzene rings is 1. The van der Waals surface area contributed by atoms with Gasteiger partial charge in [-0.15, -0.1) is 12.4 Å². The Kier molecular flexibility index (Phi) is 9.00. The average molecular weight is 442 g/mol. The number of anilines is 1. The summed E-state index contributed by atoms with van der Waals surface area (Å²) < 4.78 is 17.4. The highest BCUT2D eigenvalue weighted by Gasteiger charge is 2.26. The van der Waals surface area contributed by atoms with Crippen LogP contribution in [0, 0.1) is 0 Å². The summed E-state index contributed by atoms with van der Waals surface area (Å²) in [6.07, 6.45) is 1.40. The zero-order valence-corrected chi connectivity index (χ0v) is 18.7. The molecule has 29 heavy (non-hydrogen) atoms. The molecule has 3 rings (SSSR count). The molecule has 0 atom stereocenters. The third kappa shape index (κ3) is 5.74. The number of carbonyl (C=O) groups is 1. The quantitative estimate of drug-likeness (QED) is 0.591. The van der Waals surface area contributed by atoms with Crippen LogP contribution in [0.4, 0.5) is 5.13 Å².